The number of carbonyl (C=O) groups is 2. The average molecular weight is 446 g/mol. The lowest BCUT2D eigenvalue weighted by atomic mass is 9.90. The van der Waals surface area contributed by atoms with Gasteiger partial charge in [-0.15, -0.1) is 0 Å². The molecule has 2 rings (SSSR count). The normalized spacial score (nSPS) is 26.9. The van der Waals surface area contributed by atoms with Crippen molar-refractivity contribution in [3.63, 3.8) is 0 Å². The number of nitrogens with zero attached hydrogens (tertiary/aromatic N) is 2. The van der Waals surface area contributed by atoms with Gasteiger partial charge in [0.1, 0.15) is 6.04 Å². The monoisotopic (exact) mass is 445 g/mol. The Kier molecular flexibility index (Phi) is 9.13. The predicted molar refractivity (Wildman–Crippen MR) is 110 cm³/mol. The highest BCUT2D eigenvalue weighted by molar-refractivity contribution is 5.83. The molecule has 2 saturated heterocycles. The van der Waals surface area contributed by atoms with E-state index in [1.165, 1.54) is 0 Å². The first-order chi connectivity index (χ1) is 14.5. The van der Waals surface area contributed by atoms with Crippen LogP contribution in [0.25, 0.3) is 0 Å². The number of nitriles is 1. The highest BCUT2D eigenvalue weighted by Crippen LogP contribution is 2.25. The zero-order valence-corrected chi connectivity index (χ0v) is 18.5. The van der Waals surface area contributed by atoms with Gasteiger partial charge in [-0.25, -0.2) is 0 Å². The first-order valence-corrected chi connectivity index (χ1v) is 11.0. The van der Waals surface area contributed by atoms with Crippen LogP contribution in [0.4, 0.5) is 13.2 Å². The molecule has 0 aromatic rings. The Balaban J connectivity index is 2.02. The Hall–Kier alpha value is -1.86. The lowest BCUT2D eigenvalue weighted by molar-refractivity contribution is -0.132. The van der Waals surface area contributed by atoms with Gasteiger partial charge in [-0.1, -0.05) is 20.8 Å². The highest BCUT2D eigenvalue weighted by atomic mass is 19.4. The van der Waals surface area contributed by atoms with E-state index in [0.29, 0.717) is 38.4 Å². The van der Waals surface area contributed by atoms with Gasteiger partial charge in [0, 0.05) is 25.0 Å². The van der Waals surface area contributed by atoms with E-state index in [4.69, 9.17) is 0 Å². The molecule has 3 N–H and O–H groups in total. The van der Waals surface area contributed by atoms with Crippen LogP contribution in [-0.4, -0.2) is 67.2 Å². The number of carbonyl (C=O) groups excluding carboxylic acids is 2. The second-order valence-corrected chi connectivity index (χ2v) is 9.19. The molecule has 0 aromatic heterocycles. The van der Waals surface area contributed by atoms with Crippen LogP contribution in [0.15, 0.2) is 0 Å². The Labute approximate surface area is 182 Å². The molecule has 0 saturated carbocycles. The van der Waals surface area contributed by atoms with Crippen molar-refractivity contribution >= 4 is 11.8 Å². The number of likely N-dealkylation sites (tertiary alicyclic amines) is 1. The van der Waals surface area contributed by atoms with Crippen molar-refractivity contribution in [3.8, 4) is 6.07 Å². The van der Waals surface area contributed by atoms with Gasteiger partial charge in [-0.2, -0.15) is 18.4 Å². The van der Waals surface area contributed by atoms with Gasteiger partial charge < -0.3 is 16.0 Å². The summed E-state index contributed by atoms with van der Waals surface area (Å²) in [5.74, 6) is -0.428. The molecule has 7 nitrogen and oxygen atoms in total. The summed E-state index contributed by atoms with van der Waals surface area (Å²) in [4.78, 5) is 26.8. The number of amides is 2. The first-order valence-electron chi connectivity index (χ1n) is 11.0. The van der Waals surface area contributed by atoms with Crippen LogP contribution in [0.2, 0.25) is 0 Å². The Morgan fingerprint density at radius 1 is 1.35 bits per heavy atom. The van der Waals surface area contributed by atoms with Crippen LogP contribution in [0.1, 0.15) is 46.5 Å². The zero-order chi connectivity index (χ0) is 23.2. The van der Waals surface area contributed by atoms with E-state index in [1.807, 2.05) is 25.7 Å². The summed E-state index contributed by atoms with van der Waals surface area (Å²) in [6, 6.07) is 0.375. The molecule has 31 heavy (non-hydrogen) atoms. The third-order valence-electron chi connectivity index (χ3n) is 6.23. The third-order valence-corrected chi connectivity index (χ3v) is 6.23. The third kappa shape index (κ3) is 7.96. The summed E-state index contributed by atoms with van der Waals surface area (Å²) in [6.07, 6.45) is -1.96. The van der Waals surface area contributed by atoms with Crippen LogP contribution in [0.3, 0.4) is 0 Å². The van der Waals surface area contributed by atoms with Gasteiger partial charge >= 0.3 is 6.18 Å². The standard InChI is InChI=1S/C21H34F3N5O2/c1-13(2)17(27-12-21(22,23)24)11-29-7-5-14(3)8-18(29)20(31)28-16(10-25)9-15-4-6-26-19(15)30/h13-18,27H,4-9,11-12H2,1-3H3,(H,26,30)(H,28,31)/t14?,15-,16-,17+,18?/m0/s1. The number of alkyl halides is 3. The Morgan fingerprint density at radius 2 is 2.06 bits per heavy atom. The summed E-state index contributed by atoms with van der Waals surface area (Å²) in [5.41, 5.74) is 0. The fourth-order valence-electron chi connectivity index (χ4n) is 4.26. The number of rotatable bonds is 9. The molecule has 2 heterocycles. The maximum Gasteiger partial charge on any atom is 0.401 e. The van der Waals surface area contributed by atoms with Gasteiger partial charge in [0.05, 0.1) is 18.7 Å². The molecule has 176 valence electrons. The smallest absolute Gasteiger partial charge is 0.356 e. The second-order valence-electron chi connectivity index (χ2n) is 9.19. The van der Waals surface area contributed by atoms with Crippen molar-refractivity contribution in [3.05, 3.63) is 0 Å². The molecule has 2 amide bonds. The molecule has 2 unspecified atom stereocenters. The first kappa shape index (κ1) is 25.4. The molecule has 5 atom stereocenters. The SMILES string of the molecule is CC1CCN(C[C@@H](NCC(F)(F)F)C(C)C)C(C(=O)N[C@H](C#N)C[C@@H]2CCNC2=O)C1. The fourth-order valence-corrected chi connectivity index (χ4v) is 4.26. The maximum atomic E-state index is 13.0. The lowest BCUT2D eigenvalue weighted by Crippen LogP contribution is -2.57. The number of hydrogen-bond acceptors (Lipinski definition) is 5. The van der Waals surface area contributed by atoms with E-state index in [1.54, 1.807) is 0 Å². The van der Waals surface area contributed by atoms with Gasteiger partial charge in [0.2, 0.25) is 11.8 Å². The van der Waals surface area contributed by atoms with Gasteiger partial charge in [-0.3, -0.25) is 14.5 Å². The second kappa shape index (κ2) is 11.1. The quantitative estimate of drug-likeness (QED) is 0.503. The number of piperidine rings is 1. The van der Waals surface area contributed by atoms with Crippen molar-refractivity contribution in [1.82, 2.24) is 20.9 Å². The van der Waals surface area contributed by atoms with Crippen LogP contribution in [-0.2, 0) is 9.59 Å². The van der Waals surface area contributed by atoms with Gasteiger partial charge in [-0.05, 0) is 44.1 Å². The summed E-state index contributed by atoms with van der Waals surface area (Å²) >= 11 is 0. The minimum absolute atomic E-state index is 0.0434. The minimum atomic E-state index is -4.30. The van der Waals surface area contributed by atoms with E-state index in [0.717, 1.165) is 6.42 Å². The van der Waals surface area contributed by atoms with E-state index < -0.39 is 30.8 Å². The predicted octanol–water partition coefficient (Wildman–Crippen LogP) is 1.80. The summed E-state index contributed by atoms with van der Waals surface area (Å²) in [7, 11) is 0. The van der Waals surface area contributed by atoms with Crippen molar-refractivity contribution in [2.75, 3.05) is 26.2 Å². The molecule has 10 heteroatoms. The summed E-state index contributed by atoms with van der Waals surface area (Å²) in [5, 5.41) is 17.6. The topological polar surface area (TPSA) is 97.3 Å². The highest BCUT2D eigenvalue weighted by Gasteiger charge is 2.36. The summed E-state index contributed by atoms with van der Waals surface area (Å²) < 4.78 is 38.1. The molecule has 0 aliphatic carbocycles. The van der Waals surface area contributed by atoms with Gasteiger partial charge in [0.25, 0.3) is 0 Å². The maximum absolute atomic E-state index is 13.0. The van der Waals surface area contributed by atoms with Crippen LogP contribution >= 0.6 is 0 Å². The van der Waals surface area contributed by atoms with E-state index in [2.05, 4.69) is 22.0 Å². The summed E-state index contributed by atoms with van der Waals surface area (Å²) in [6.45, 7) is 6.19. The number of nitrogens with one attached hydrogen (secondary N) is 3. The van der Waals surface area contributed by atoms with E-state index in [-0.39, 0.29) is 30.1 Å². The lowest BCUT2D eigenvalue weighted by Gasteiger charge is -2.40. The largest absolute Gasteiger partial charge is 0.401 e. The van der Waals surface area contributed by atoms with Crippen LogP contribution in [0, 0.1) is 29.1 Å². The molecule has 2 aliphatic heterocycles. The molecular weight excluding hydrogens is 411 g/mol. The van der Waals surface area contributed by atoms with Crippen LogP contribution in [0.5, 0.6) is 0 Å². The number of hydrogen-bond donors (Lipinski definition) is 3. The minimum Gasteiger partial charge on any atom is -0.356 e. The molecule has 0 bridgehead atoms. The van der Waals surface area contributed by atoms with Crippen molar-refractivity contribution in [2.24, 2.45) is 17.8 Å². The van der Waals surface area contributed by atoms with Crippen LogP contribution < -0.4 is 16.0 Å². The van der Waals surface area contributed by atoms with Crippen molar-refractivity contribution in [2.45, 2.75) is 70.8 Å². The number of halogens is 3. The van der Waals surface area contributed by atoms with E-state index in [9.17, 15) is 28.0 Å². The average Bonchev–Trinajstić information content (AvgIpc) is 3.08. The van der Waals surface area contributed by atoms with Gasteiger partial charge in [0.15, 0.2) is 0 Å². The Morgan fingerprint density at radius 3 is 2.61 bits per heavy atom. The van der Waals surface area contributed by atoms with Crippen molar-refractivity contribution < 1.29 is 22.8 Å². The Bertz CT molecular complexity index is 664. The molecule has 0 spiro atoms. The zero-order valence-electron chi connectivity index (χ0n) is 18.5. The molecule has 0 radical (unpaired) electrons. The molecule has 2 fully saturated rings. The fraction of sp³-hybridized carbons (Fsp3) is 0.857. The van der Waals surface area contributed by atoms with Crippen molar-refractivity contribution in [1.29, 1.82) is 5.26 Å². The molecule has 2 aliphatic rings. The molecular formula is C21H34F3N5O2. The van der Waals surface area contributed by atoms with E-state index >= 15 is 0 Å². The molecule has 0 aromatic carbocycles.